The maximum Gasteiger partial charge on any atom is 0.115 e. The lowest BCUT2D eigenvalue weighted by atomic mass is 9.94. The average Bonchev–Trinajstić information content (AvgIpc) is 2.63. The average molecular weight is 365 g/mol. The highest BCUT2D eigenvalue weighted by molar-refractivity contribution is 8.00. The number of benzene rings is 3. The maximum atomic E-state index is 9.68. The van der Waals surface area contributed by atoms with Crippen molar-refractivity contribution in [3.8, 4) is 33.8 Å². The fourth-order valence-electron chi connectivity index (χ4n) is 2.79. The van der Waals surface area contributed by atoms with Gasteiger partial charge in [0, 0.05) is 15.2 Å². The zero-order valence-corrected chi connectivity index (χ0v) is 16.2. The monoisotopic (exact) mass is 364 g/mol. The lowest BCUT2D eigenvalue weighted by Crippen LogP contribution is -2.12. The summed E-state index contributed by atoms with van der Waals surface area (Å²) in [4.78, 5) is 1.22. The van der Waals surface area contributed by atoms with Gasteiger partial charge in [0.25, 0.3) is 0 Å². The van der Waals surface area contributed by atoms with Crippen molar-refractivity contribution in [1.29, 1.82) is 0 Å². The molecule has 0 heterocycles. The topological polar surface area (TPSA) is 40.5 Å². The summed E-state index contributed by atoms with van der Waals surface area (Å²) in [5.74, 6) is 0.525. The van der Waals surface area contributed by atoms with Gasteiger partial charge in [-0.25, -0.2) is 0 Å². The molecule has 2 N–H and O–H groups in total. The summed E-state index contributed by atoms with van der Waals surface area (Å²) >= 11 is 1.87. The molecule has 0 aromatic heterocycles. The standard InChI is InChI=1S/C23H24O2S/c1-4-23(2,3)26-21-7-5-6-20(16-8-12-18(24)13-9-16)22(21)17-10-14-19(25)15-11-17/h5-15,24-25H,4H2,1-3H3. The van der Waals surface area contributed by atoms with Crippen LogP contribution in [0.4, 0.5) is 0 Å². The third-order valence-electron chi connectivity index (χ3n) is 4.60. The first-order chi connectivity index (χ1) is 12.4. The third-order valence-corrected chi connectivity index (χ3v) is 6.00. The van der Waals surface area contributed by atoms with E-state index in [2.05, 4.69) is 39.0 Å². The van der Waals surface area contributed by atoms with Gasteiger partial charge >= 0.3 is 0 Å². The van der Waals surface area contributed by atoms with Crippen molar-refractivity contribution in [2.75, 3.05) is 0 Å². The number of phenolic OH excluding ortho intramolecular Hbond substituents is 2. The first-order valence-electron chi connectivity index (χ1n) is 8.80. The molecule has 0 aliphatic rings. The molecule has 0 saturated heterocycles. The lowest BCUT2D eigenvalue weighted by molar-refractivity contribution is 0.475. The highest BCUT2D eigenvalue weighted by Gasteiger charge is 2.21. The molecule has 134 valence electrons. The zero-order valence-electron chi connectivity index (χ0n) is 15.4. The van der Waals surface area contributed by atoms with Gasteiger partial charge in [-0.2, -0.15) is 0 Å². The Kier molecular flexibility index (Phi) is 5.28. The fraction of sp³-hybridized carbons (Fsp3) is 0.217. The molecule has 0 aliphatic carbocycles. The molecule has 0 saturated carbocycles. The van der Waals surface area contributed by atoms with Crippen LogP contribution in [0.15, 0.2) is 71.6 Å². The fourth-order valence-corrected chi connectivity index (χ4v) is 4.01. The molecule has 0 fully saturated rings. The molecule has 0 aliphatic heterocycles. The number of rotatable bonds is 5. The van der Waals surface area contributed by atoms with E-state index in [-0.39, 0.29) is 16.2 Å². The van der Waals surface area contributed by atoms with Crippen molar-refractivity contribution in [2.24, 2.45) is 0 Å². The maximum absolute atomic E-state index is 9.68. The summed E-state index contributed by atoms with van der Waals surface area (Å²) in [7, 11) is 0. The summed E-state index contributed by atoms with van der Waals surface area (Å²) in [6, 6.07) is 21.0. The van der Waals surface area contributed by atoms with Gasteiger partial charge in [-0.05, 0) is 53.4 Å². The molecule has 0 amide bonds. The van der Waals surface area contributed by atoms with Crippen molar-refractivity contribution in [3.63, 3.8) is 0 Å². The number of aromatic hydroxyl groups is 2. The second-order valence-corrected chi connectivity index (χ2v) is 8.74. The van der Waals surface area contributed by atoms with E-state index in [1.54, 1.807) is 24.3 Å². The van der Waals surface area contributed by atoms with Crippen LogP contribution in [0.1, 0.15) is 27.2 Å². The predicted molar refractivity (Wildman–Crippen MR) is 111 cm³/mol. The van der Waals surface area contributed by atoms with E-state index in [9.17, 15) is 10.2 Å². The largest absolute Gasteiger partial charge is 0.508 e. The summed E-state index contributed by atoms with van der Waals surface area (Å²) in [6.07, 6.45) is 1.07. The molecule has 0 radical (unpaired) electrons. The third kappa shape index (κ3) is 4.05. The molecule has 3 rings (SSSR count). The first-order valence-corrected chi connectivity index (χ1v) is 9.62. The Balaban J connectivity index is 2.20. The van der Waals surface area contributed by atoms with Crippen LogP contribution >= 0.6 is 11.8 Å². The lowest BCUT2D eigenvalue weighted by Gasteiger charge is -2.25. The second-order valence-electron chi connectivity index (χ2n) is 6.99. The van der Waals surface area contributed by atoms with E-state index in [1.165, 1.54) is 4.90 Å². The SMILES string of the molecule is CCC(C)(C)Sc1cccc(-c2ccc(O)cc2)c1-c1ccc(O)cc1. The van der Waals surface area contributed by atoms with E-state index in [4.69, 9.17) is 0 Å². The molecule has 3 heteroatoms. The Labute approximate surface area is 159 Å². The summed E-state index contributed by atoms with van der Waals surface area (Å²) in [6.45, 7) is 6.72. The van der Waals surface area contributed by atoms with Gasteiger partial charge in [0.2, 0.25) is 0 Å². The van der Waals surface area contributed by atoms with Gasteiger partial charge in [-0.1, -0.05) is 57.2 Å². The zero-order chi connectivity index (χ0) is 18.7. The Morgan fingerprint density at radius 3 is 1.85 bits per heavy atom. The summed E-state index contributed by atoms with van der Waals surface area (Å²) in [5.41, 5.74) is 4.40. The molecular weight excluding hydrogens is 340 g/mol. The van der Waals surface area contributed by atoms with Gasteiger partial charge < -0.3 is 10.2 Å². The van der Waals surface area contributed by atoms with Crippen LogP contribution in [0.2, 0.25) is 0 Å². The van der Waals surface area contributed by atoms with Crippen molar-refractivity contribution in [1.82, 2.24) is 0 Å². The highest BCUT2D eigenvalue weighted by atomic mass is 32.2. The minimum atomic E-state index is 0.124. The Morgan fingerprint density at radius 1 is 0.769 bits per heavy atom. The van der Waals surface area contributed by atoms with Gasteiger partial charge in [0.05, 0.1) is 0 Å². The normalized spacial score (nSPS) is 11.5. The molecule has 0 bridgehead atoms. The molecule has 26 heavy (non-hydrogen) atoms. The Bertz CT molecular complexity index is 881. The number of hydrogen-bond acceptors (Lipinski definition) is 3. The smallest absolute Gasteiger partial charge is 0.115 e. The molecule has 0 unspecified atom stereocenters. The Morgan fingerprint density at radius 2 is 1.31 bits per heavy atom. The van der Waals surface area contributed by atoms with E-state index in [0.29, 0.717) is 0 Å². The van der Waals surface area contributed by atoms with E-state index < -0.39 is 0 Å². The van der Waals surface area contributed by atoms with E-state index in [1.807, 2.05) is 36.0 Å². The van der Waals surface area contributed by atoms with Crippen LogP contribution in [0.3, 0.4) is 0 Å². The van der Waals surface area contributed by atoms with Crippen molar-refractivity contribution in [3.05, 3.63) is 66.7 Å². The molecule has 0 atom stereocenters. The van der Waals surface area contributed by atoms with Crippen molar-refractivity contribution in [2.45, 2.75) is 36.8 Å². The summed E-state index contributed by atoms with van der Waals surface area (Å²) < 4.78 is 0.124. The molecular formula is C23H24O2S. The van der Waals surface area contributed by atoms with Crippen LogP contribution in [-0.4, -0.2) is 15.0 Å². The van der Waals surface area contributed by atoms with Gasteiger partial charge in [-0.3, -0.25) is 0 Å². The number of phenols is 2. The molecule has 3 aromatic rings. The van der Waals surface area contributed by atoms with Gasteiger partial charge in [0.15, 0.2) is 0 Å². The van der Waals surface area contributed by atoms with Crippen LogP contribution < -0.4 is 0 Å². The van der Waals surface area contributed by atoms with Crippen LogP contribution in [0, 0.1) is 0 Å². The minimum Gasteiger partial charge on any atom is -0.508 e. The predicted octanol–water partition coefficient (Wildman–Crippen LogP) is 6.71. The second kappa shape index (κ2) is 7.46. The quantitative estimate of drug-likeness (QED) is 0.494. The number of thioether (sulfide) groups is 1. The van der Waals surface area contributed by atoms with E-state index in [0.717, 1.165) is 28.7 Å². The number of hydrogen-bond donors (Lipinski definition) is 2. The van der Waals surface area contributed by atoms with Gasteiger partial charge in [0.1, 0.15) is 11.5 Å². The van der Waals surface area contributed by atoms with Crippen LogP contribution in [0.25, 0.3) is 22.3 Å². The van der Waals surface area contributed by atoms with Crippen molar-refractivity contribution >= 4 is 11.8 Å². The van der Waals surface area contributed by atoms with Crippen LogP contribution in [0.5, 0.6) is 11.5 Å². The summed E-state index contributed by atoms with van der Waals surface area (Å²) in [5, 5.41) is 19.3. The molecule has 0 spiro atoms. The molecule has 2 nitrogen and oxygen atoms in total. The minimum absolute atomic E-state index is 0.124. The van der Waals surface area contributed by atoms with E-state index >= 15 is 0 Å². The highest BCUT2D eigenvalue weighted by Crippen LogP contribution is 2.44. The Hall–Kier alpha value is -2.39. The van der Waals surface area contributed by atoms with Crippen molar-refractivity contribution < 1.29 is 10.2 Å². The van der Waals surface area contributed by atoms with Gasteiger partial charge in [-0.15, -0.1) is 11.8 Å². The molecule has 3 aromatic carbocycles. The van der Waals surface area contributed by atoms with Crippen LogP contribution in [-0.2, 0) is 0 Å². The first kappa shape index (κ1) is 18.4.